The topological polar surface area (TPSA) is 55.1 Å². The van der Waals surface area contributed by atoms with Crippen molar-refractivity contribution in [1.29, 1.82) is 0 Å². The first-order valence-electron chi connectivity index (χ1n) is 5.74. The van der Waals surface area contributed by atoms with Gasteiger partial charge in [0.2, 0.25) is 5.91 Å². The number of nitrogens with two attached hydrogens (primary N) is 1. The van der Waals surface area contributed by atoms with Gasteiger partial charge in [0.1, 0.15) is 5.54 Å². The second kappa shape index (κ2) is 5.75. The Bertz CT molecular complexity index is 219. The van der Waals surface area contributed by atoms with E-state index in [-0.39, 0.29) is 5.91 Å². The van der Waals surface area contributed by atoms with Crippen LogP contribution in [-0.4, -0.2) is 30.0 Å². The number of hydrogen-bond donors (Lipinski definition) is 2. The molecule has 0 saturated heterocycles. The molecular formula is C11H22N2OS. The predicted molar refractivity (Wildman–Crippen MR) is 65.9 cm³/mol. The van der Waals surface area contributed by atoms with E-state index < -0.39 is 5.54 Å². The van der Waals surface area contributed by atoms with Crippen LogP contribution in [0.15, 0.2) is 0 Å². The highest BCUT2D eigenvalue weighted by Crippen LogP contribution is 2.41. The van der Waals surface area contributed by atoms with Crippen molar-refractivity contribution in [3.8, 4) is 0 Å². The van der Waals surface area contributed by atoms with Gasteiger partial charge in [-0.3, -0.25) is 4.79 Å². The van der Waals surface area contributed by atoms with Crippen LogP contribution in [0.2, 0.25) is 0 Å². The molecule has 0 aromatic rings. The Morgan fingerprint density at radius 1 is 1.60 bits per heavy atom. The fourth-order valence-corrected chi connectivity index (χ4v) is 3.33. The number of amides is 1. The standard InChI is InChI=1S/C11H22N2OS/c1-3-4-7-15-8-11(13-2,10(12)14)9-5-6-9/h9,13H,3-8H2,1-2H3,(H2,12,14). The van der Waals surface area contributed by atoms with Gasteiger partial charge in [0.15, 0.2) is 0 Å². The van der Waals surface area contributed by atoms with Gasteiger partial charge in [0, 0.05) is 5.75 Å². The highest BCUT2D eigenvalue weighted by Gasteiger charge is 2.48. The van der Waals surface area contributed by atoms with E-state index in [0.717, 1.165) is 24.3 Å². The van der Waals surface area contributed by atoms with E-state index in [0.29, 0.717) is 5.92 Å². The molecule has 4 heteroatoms. The van der Waals surface area contributed by atoms with Crippen LogP contribution in [0.3, 0.4) is 0 Å². The summed E-state index contributed by atoms with van der Waals surface area (Å²) in [4.78, 5) is 11.5. The summed E-state index contributed by atoms with van der Waals surface area (Å²) >= 11 is 1.84. The van der Waals surface area contributed by atoms with Crippen molar-refractivity contribution in [3.63, 3.8) is 0 Å². The number of unbranched alkanes of at least 4 members (excludes halogenated alkanes) is 1. The number of rotatable bonds is 8. The van der Waals surface area contributed by atoms with Gasteiger partial charge in [-0.15, -0.1) is 0 Å². The third-order valence-electron chi connectivity index (χ3n) is 3.13. The Morgan fingerprint density at radius 2 is 2.27 bits per heavy atom. The second-order valence-electron chi connectivity index (χ2n) is 4.27. The Labute approximate surface area is 96.6 Å². The quantitative estimate of drug-likeness (QED) is 0.619. The first kappa shape index (κ1) is 12.8. The summed E-state index contributed by atoms with van der Waals surface area (Å²) in [6, 6.07) is 0. The average Bonchev–Trinajstić information content (AvgIpc) is 3.02. The number of primary amides is 1. The van der Waals surface area contributed by atoms with Gasteiger partial charge in [-0.25, -0.2) is 0 Å². The van der Waals surface area contributed by atoms with Crippen LogP contribution < -0.4 is 11.1 Å². The SMILES string of the molecule is CCCCSCC(NC)(C(N)=O)C1CC1. The number of carbonyl (C=O) groups excluding carboxylic acids is 1. The van der Waals surface area contributed by atoms with Gasteiger partial charge >= 0.3 is 0 Å². The van der Waals surface area contributed by atoms with Crippen molar-refractivity contribution >= 4 is 17.7 Å². The third kappa shape index (κ3) is 3.11. The van der Waals surface area contributed by atoms with Crippen molar-refractivity contribution in [2.45, 2.75) is 38.1 Å². The Morgan fingerprint density at radius 3 is 2.67 bits per heavy atom. The van der Waals surface area contributed by atoms with E-state index in [4.69, 9.17) is 5.73 Å². The maximum atomic E-state index is 11.5. The fourth-order valence-electron chi connectivity index (χ4n) is 1.85. The molecule has 0 aromatic heterocycles. The zero-order valence-electron chi connectivity index (χ0n) is 9.71. The van der Waals surface area contributed by atoms with Crippen LogP contribution in [0.4, 0.5) is 0 Å². The van der Waals surface area contributed by atoms with E-state index in [1.165, 1.54) is 12.8 Å². The first-order valence-corrected chi connectivity index (χ1v) is 6.89. The number of likely N-dealkylation sites (N-methyl/N-ethyl adjacent to an activating group) is 1. The highest BCUT2D eigenvalue weighted by molar-refractivity contribution is 7.99. The summed E-state index contributed by atoms with van der Waals surface area (Å²) in [6.07, 6.45) is 4.70. The minimum atomic E-state index is -0.446. The van der Waals surface area contributed by atoms with Gasteiger partial charge in [-0.2, -0.15) is 11.8 Å². The number of thioether (sulfide) groups is 1. The normalized spacial score (nSPS) is 19.9. The molecule has 0 aliphatic heterocycles. The number of hydrogen-bond acceptors (Lipinski definition) is 3. The Kier molecular flexibility index (Phi) is 4.93. The minimum absolute atomic E-state index is 0.184. The number of nitrogens with one attached hydrogen (secondary N) is 1. The average molecular weight is 230 g/mol. The minimum Gasteiger partial charge on any atom is -0.368 e. The second-order valence-corrected chi connectivity index (χ2v) is 5.37. The molecule has 0 bridgehead atoms. The molecule has 0 aromatic carbocycles. The molecule has 1 amide bonds. The van der Waals surface area contributed by atoms with Crippen molar-refractivity contribution in [1.82, 2.24) is 5.32 Å². The molecule has 15 heavy (non-hydrogen) atoms. The summed E-state index contributed by atoms with van der Waals surface area (Å²) in [5, 5.41) is 3.16. The molecule has 1 aliphatic rings. The van der Waals surface area contributed by atoms with E-state index >= 15 is 0 Å². The van der Waals surface area contributed by atoms with E-state index in [2.05, 4.69) is 12.2 Å². The molecule has 1 atom stereocenters. The lowest BCUT2D eigenvalue weighted by Gasteiger charge is -2.30. The molecule has 88 valence electrons. The molecule has 1 unspecified atom stereocenters. The van der Waals surface area contributed by atoms with Crippen LogP contribution in [0.1, 0.15) is 32.6 Å². The summed E-state index contributed by atoms with van der Waals surface area (Å²) in [6.45, 7) is 2.18. The van der Waals surface area contributed by atoms with Crippen LogP contribution >= 0.6 is 11.8 Å². The maximum absolute atomic E-state index is 11.5. The fraction of sp³-hybridized carbons (Fsp3) is 0.909. The Balaban J connectivity index is 2.44. The van der Waals surface area contributed by atoms with Crippen LogP contribution in [0.25, 0.3) is 0 Å². The predicted octanol–water partition coefficient (Wildman–Crippen LogP) is 1.37. The van der Waals surface area contributed by atoms with Gasteiger partial charge in [-0.1, -0.05) is 13.3 Å². The van der Waals surface area contributed by atoms with Crippen LogP contribution in [0, 0.1) is 5.92 Å². The molecule has 3 N–H and O–H groups in total. The summed E-state index contributed by atoms with van der Waals surface area (Å²) < 4.78 is 0. The molecule has 1 rings (SSSR count). The van der Waals surface area contributed by atoms with Crippen molar-refractivity contribution in [3.05, 3.63) is 0 Å². The monoisotopic (exact) mass is 230 g/mol. The molecule has 1 fully saturated rings. The molecule has 0 heterocycles. The zero-order valence-corrected chi connectivity index (χ0v) is 10.5. The molecule has 0 spiro atoms. The van der Waals surface area contributed by atoms with Crippen molar-refractivity contribution in [2.24, 2.45) is 11.7 Å². The lowest BCUT2D eigenvalue weighted by Crippen LogP contribution is -2.58. The summed E-state index contributed by atoms with van der Waals surface area (Å²) in [5.74, 6) is 2.23. The summed E-state index contributed by atoms with van der Waals surface area (Å²) in [5.41, 5.74) is 5.08. The van der Waals surface area contributed by atoms with Crippen molar-refractivity contribution in [2.75, 3.05) is 18.6 Å². The molecule has 1 aliphatic carbocycles. The van der Waals surface area contributed by atoms with Crippen LogP contribution in [-0.2, 0) is 4.79 Å². The largest absolute Gasteiger partial charge is 0.368 e. The third-order valence-corrected chi connectivity index (χ3v) is 4.37. The smallest absolute Gasteiger partial charge is 0.238 e. The highest BCUT2D eigenvalue weighted by atomic mass is 32.2. The summed E-state index contributed by atoms with van der Waals surface area (Å²) in [7, 11) is 1.85. The van der Waals surface area contributed by atoms with Gasteiger partial charge in [-0.05, 0) is 38.0 Å². The van der Waals surface area contributed by atoms with E-state index in [1.54, 1.807) is 0 Å². The van der Waals surface area contributed by atoms with Crippen molar-refractivity contribution < 1.29 is 4.79 Å². The van der Waals surface area contributed by atoms with E-state index in [9.17, 15) is 4.79 Å². The van der Waals surface area contributed by atoms with Gasteiger partial charge in [0.05, 0.1) is 0 Å². The molecule has 1 saturated carbocycles. The maximum Gasteiger partial charge on any atom is 0.238 e. The van der Waals surface area contributed by atoms with E-state index in [1.807, 2.05) is 18.8 Å². The zero-order chi connectivity index (χ0) is 11.3. The first-order chi connectivity index (χ1) is 7.17. The van der Waals surface area contributed by atoms with Crippen LogP contribution in [0.5, 0.6) is 0 Å². The Hall–Kier alpha value is -0.220. The van der Waals surface area contributed by atoms with Gasteiger partial charge in [0.25, 0.3) is 0 Å². The molecular weight excluding hydrogens is 208 g/mol. The molecule has 3 nitrogen and oxygen atoms in total. The lowest BCUT2D eigenvalue weighted by atomic mass is 9.95. The molecule has 0 radical (unpaired) electrons. The van der Waals surface area contributed by atoms with Gasteiger partial charge < -0.3 is 11.1 Å². The number of carbonyl (C=O) groups is 1. The lowest BCUT2D eigenvalue weighted by molar-refractivity contribution is -0.124.